The zero-order valence-electron chi connectivity index (χ0n) is 7.93. The lowest BCUT2D eigenvalue weighted by molar-refractivity contribution is 0.112. The molecule has 0 unspecified atom stereocenters. The smallest absolute Gasteiger partial charge is 0.150 e. The minimum absolute atomic E-state index is 0.344. The second-order valence-electron chi connectivity index (χ2n) is 3.17. The monoisotopic (exact) mass is 204 g/mol. The van der Waals surface area contributed by atoms with E-state index in [-0.39, 0.29) is 5.82 Å². The van der Waals surface area contributed by atoms with E-state index in [1.165, 1.54) is 6.07 Å². The van der Waals surface area contributed by atoms with Gasteiger partial charge in [0, 0.05) is 23.5 Å². The molecule has 0 aliphatic carbocycles. The van der Waals surface area contributed by atoms with Gasteiger partial charge >= 0.3 is 0 Å². The van der Waals surface area contributed by atoms with Gasteiger partial charge in [-0.05, 0) is 12.1 Å². The Kier molecular flexibility index (Phi) is 2.58. The first-order valence-electron chi connectivity index (χ1n) is 4.50. The molecule has 15 heavy (non-hydrogen) atoms. The van der Waals surface area contributed by atoms with Crippen molar-refractivity contribution in [3.63, 3.8) is 0 Å². The fourth-order valence-corrected chi connectivity index (χ4v) is 1.33. The van der Waals surface area contributed by atoms with Gasteiger partial charge in [0.25, 0.3) is 0 Å². The van der Waals surface area contributed by atoms with Crippen LogP contribution in [0.4, 0.5) is 4.39 Å². The van der Waals surface area contributed by atoms with Gasteiger partial charge in [-0.2, -0.15) is 5.10 Å². The molecule has 0 atom stereocenters. The van der Waals surface area contributed by atoms with Crippen LogP contribution in [-0.4, -0.2) is 16.1 Å². The van der Waals surface area contributed by atoms with Crippen LogP contribution in [0.15, 0.2) is 36.7 Å². The highest BCUT2D eigenvalue weighted by Crippen LogP contribution is 2.10. The predicted octanol–water partition coefficient (Wildman–Crippen LogP) is 1.88. The third-order valence-electron chi connectivity index (χ3n) is 2.10. The summed E-state index contributed by atoms with van der Waals surface area (Å²) in [7, 11) is 0. The standard InChI is InChI=1S/C11H9FN2O/c12-11-6-9(8-15)2-3-10(11)7-14-5-1-4-13-14/h1-6,8H,7H2. The normalized spacial score (nSPS) is 10.2. The van der Waals surface area contributed by atoms with Gasteiger partial charge in [-0.15, -0.1) is 0 Å². The van der Waals surface area contributed by atoms with Crippen molar-refractivity contribution in [1.82, 2.24) is 9.78 Å². The summed E-state index contributed by atoms with van der Waals surface area (Å²) < 4.78 is 15.1. The van der Waals surface area contributed by atoms with E-state index in [2.05, 4.69) is 5.10 Å². The number of hydrogen-bond acceptors (Lipinski definition) is 2. The van der Waals surface area contributed by atoms with Crippen LogP contribution in [0.25, 0.3) is 0 Å². The molecule has 0 radical (unpaired) electrons. The highest BCUT2D eigenvalue weighted by Gasteiger charge is 2.03. The molecular formula is C11H9FN2O. The Morgan fingerprint density at radius 3 is 2.93 bits per heavy atom. The third kappa shape index (κ3) is 2.10. The van der Waals surface area contributed by atoms with Gasteiger partial charge in [0.2, 0.25) is 0 Å². The zero-order valence-corrected chi connectivity index (χ0v) is 7.93. The van der Waals surface area contributed by atoms with E-state index in [0.29, 0.717) is 24.0 Å². The minimum Gasteiger partial charge on any atom is -0.298 e. The number of nitrogens with zero attached hydrogens (tertiary/aromatic N) is 2. The highest BCUT2D eigenvalue weighted by atomic mass is 19.1. The molecule has 2 rings (SSSR count). The molecule has 0 bridgehead atoms. The fraction of sp³-hybridized carbons (Fsp3) is 0.0909. The lowest BCUT2D eigenvalue weighted by atomic mass is 10.1. The zero-order chi connectivity index (χ0) is 10.7. The summed E-state index contributed by atoms with van der Waals surface area (Å²) in [5.41, 5.74) is 0.862. The minimum atomic E-state index is -0.380. The molecule has 1 aromatic carbocycles. The Morgan fingerprint density at radius 2 is 2.33 bits per heavy atom. The van der Waals surface area contributed by atoms with Crippen molar-refractivity contribution < 1.29 is 9.18 Å². The summed E-state index contributed by atoms with van der Waals surface area (Å²) in [5, 5.41) is 3.98. The van der Waals surface area contributed by atoms with Crippen molar-refractivity contribution in [3.8, 4) is 0 Å². The van der Waals surface area contributed by atoms with Crippen LogP contribution in [0, 0.1) is 5.82 Å². The van der Waals surface area contributed by atoms with Gasteiger partial charge in [-0.25, -0.2) is 4.39 Å². The number of carbonyl (C=O) groups excluding carboxylic acids is 1. The fourth-order valence-electron chi connectivity index (χ4n) is 1.33. The number of hydrogen-bond donors (Lipinski definition) is 0. The summed E-state index contributed by atoms with van der Waals surface area (Å²) in [6.45, 7) is 0.373. The summed E-state index contributed by atoms with van der Waals surface area (Å²) in [6, 6.07) is 6.19. The molecule has 0 N–H and O–H groups in total. The number of carbonyl (C=O) groups is 1. The van der Waals surface area contributed by atoms with E-state index in [4.69, 9.17) is 0 Å². The second-order valence-corrected chi connectivity index (χ2v) is 3.17. The van der Waals surface area contributed by atoms with E-state index < -0.39 is 0 Å². The summed E-state index contributed by atoms with van der Waals surface area (Å²) >= 11 is 0. The average molecular weight is 204 g/mol. The van der Waals surface area contributed by atoms with Crippen molar-refractivity contribution >= 4 is 6.29 Å². The first-order valence-corrected chi connectivity index (χ1v) is 4.50. The molecule has 2 aromatic rings. The Labute approximate surface area is 86.2 Å². The lowest BCUT2D eigenvalue weighted by Gasteiger charge is -2.03. The maximum atomic E-state index is 13.4. The lowest BCUT2D eigenvalue weighted by Crippen LogP contribution is -2.02. The van der Waals surface area contributed by atoms with E-state index in [9.17, 15) is 9.18 Å². The molecule has 0 saturated heterocycles. The van der Waals surface area contributed by atoms with E-state index in [0.717, 1.165) is 0 Å². The molecule has 0 aliphatic rings. The van der Waals surface area contributed by atoms with Crippen molar-refractivity contribution in [2.45, 2.75) is 6.54 Å². The summed E-state index contributed by atoms with van der Waals surface area (Å²) in [6.07, 6.45) is 4.02. The van der Waals surface area contributed by atoms with Crippen LogP contribution in [0.1, 0.15) is 15.9 Å². The molecular weight excluding hydrogens is 195 g/mol. The van der Waals surface area contributed by atoms with Gasteiger partial charge in [0.15, 0.2) is 0 Å². The molecule has 0 amide bonds. The van der Waals surface area contributed by atoms with Crippen LogP contribution in [0.3, 0.4) is 0 Å². The van der Waals surface area contributed by atoms with Gasteiger partial charge in [-0.1, -0.05) is 12.1 Å². The van der Waals surface area contributed by atoms with Crippen molar-refractivity contribution in [2.24, 2.45) is 0 Å². The molecule has 3 nitrogen and oxygen atoms in total. The third-order valence-corrected chi connectivity index (χ3v) is 2.10. The van der Waals surface area contributed by atoms with Crippen LogP contribution < -0.4 is 0 Å². The van der Waals surface area contributed by atoms with Crippen LogP contribution in [0.5, 0.6) is 0 Å². The Bertz CT molecular complexity index is 465. The van der Waals surface area contributed by atoms with Crippen molar-refractivity contribution in [3.05, 3.63) is 53.6 Å². The van der Waals surface area contributed by atoms with Crippen LogP contribution in [0.2, 0.25) is 0 Å². The van der Waals surface area contributed by atoms with E-state index in [1.807, 2.05) is 0 Å². The number of aromatic nitrogens is 2. The van der Waals surface area contributed by atoms with Crippen LogP contribution in [-0.2, 0) is 6.54 Å². The first kappa shape index (κ1) is 9.58. The predicted molar refractivity (Wildman–Crippen MR) is 53.1 cm³/mol. The molecule has 0 aliphatic heterocycles. The number of rotatable bonds is 3. The summed E-state index contributed by atoms with van der Waals surface area (Å²) in [5.74, 6) is -0.380. The number of benzene rings is 1. The van der Waals surface area contributed by atoms with Crippen molar-refractivity contribution in [1.29, 1.82) is 0 Å². The second kappa shape index (κ2) is 4.04. The highest BCUT2D eigenvalue weighted by molar-refractivity contribution is 5.74. The average Bonchev–Trinajstić information content (AvgIpc) is 2.74. The first-order chi connectivity index (χ1) is 7.29. The molecule has 4 heteroatoms. The molecule has 0 saturated carbocycles. The molecule has 76 valence electrons. The van der Waals surface area contributed by atoms with Gasteiger partial charge in [0.1, 0.15) is 12.1 Å². The van der Waals surface area contributed by atoms with E-state index >= 15 is 0 Å². The molecule has 1 heterocycles. The maximum Gasteiger partial charge on any atom is 0.150 e. The van der Waals surface area contributed by atoms with Gasteiger partial charge in [-0.3, -0.25) is 9.48 Å². The summed E-state index contributed by atoms with van der Waals surface area (Å²) in [4.78, 5) is 10.4. The van der Waals surface area contributed by atoms with Crippen LogP contribution >= 0.6 is 0 Å². The SMILES string of the molecule is O=Cc1ccc(Cn2cccn2)c(F)c1. The van der Waals surface area contributed by atoms with Gasteiger partial charge < -0.3 is 0 Å². The maximum absolute atomic E-state index is 13.4. The Morgan fingerprint density at radius 1 is 1.47 bits per heavy atom. The molecule has 0 fully saturated rings. The Balaban J connectivity index is 2.26. The van der Waals surface area contributed by atoms with Crippen molar-refractivity contribution in [2.75, 3.05) is 0 Å². The van der Waals surface area contributed by atoms with E-state index in [1.54, 1.807) is 35.3 Å². The largest absolute Gasteiger partial charge is 0.298 e. The number of aldehydes is 1. The molecule has 0 spiro atoms. The quantitative estimate of drug-likeness (QED) is 0.715. The van der Waals surface area contributed by atoms with Gasteiger partial charge in [0.05, 0.1) is 6.54 Å². The Hall–Kier alpha value is -1.97. The number of halogens is 1. The molecule has 1 aromatic heterocycles. The topological polar surface area (TPSA) is 34.9 Å².